The summed E-state index contributed by atoms with van der Waals surface area (Å²) in [6.07, 6.45) is 2.29. The van der Waals surface area contributed by atoms with Crippen molar-refractivity contribution in [2.24, 2.45) is 0 Å². The minimum atomic E-state index is -3.53. The molecule has 6 nitrogen and oxygen atoms in total. The second-order valence-corrected chi connectivity index (χ2v) is 6.58. The SMILES string of the molecule is Cc1cc(C#N)cc(Cl)c1Oc1ccnc(S(C)(=O)=O)n1. The van der Waals surface area contributed by atoms with E-state index in [1.165, 1.54) is 18.3 Å². The van der Waals surface area contributed by atoms with Gasteiger partial charge in [-0.05, 0) is 24.6 Å². The van der Waals surface area contributed by atoms with Crippen molar-refractivity contribution < 1.29 is 13.2 Å². The summed E-state index contributed by atoms with van der Waals surface area (Å²) in [4.78, 5) is 7.49. The molecule has 0 N–H and O–H groups in total. The molecule has 1 aromatic carbocycles. The van der Waals surface area contributed by atoms with E-state index in [4.69, 9.17) is 21.6 Å². The maximum atomic E-state index is 11.4. The number of nitriles is 1. The molecule has 108 valence electrons. The van der Waals surface area contributed by atoms with Crippen molar-refractivity contribution in [1.29, 1.82) is 5.26 Å². The molecule has 0 radical (unpaired) electrons. The Balaban J connectivity index is 2.42. The zero-order valence-corrected chi connectivity index (χ0v) is 12.7. The molecule has 0 fully saturated rings. The molecule has 0 saturated heterocycles. The topological polar surface area (TPSA) is 92.9 Å². The van der Waals surface area contributed by atoms with Crippen LogP contribution < -0.4 is 4.74 Å². The summed E-state index contributed by atoms with van der Waals surface area (Å²) < 4.78 is 28.3. The number of nitrogens with zero attached hydrogens (tertiary/aromatic N) is 3. The second-order valence-electron chi connectivity index (χ2n) is 4.27. The highest BCUT2D eigenvalue weighted by Gasteiger charge is 2.14. The molecule has 8 heteroatoms. The van der Waals surface area contributed by atoms with Crippen LogP contribution in [0, 0.1) is 18.3 Å². The van der Waals surface area contributed by atoms with Crippen molar-refractivity contribution in [2.75, 3.05) is 6.26 Å². The summed E-state index contributed by atoms with van der Waals surface area (Å²) in [5.41, 5.74) is 1.04. The lowest BCUT2D eigenvalue weighted by Crippen LogP contribution is -2.04. The molecule has 2 rings (SSSR count). The minimum absolute atomic E-state index is 0.0557. The number of sulfone groups is 1. The molecular weight excluding hydrogens is 314 g/mol. The van der Waals surface area contributed by atoms with Crippen molar-refractivity contribution in [3.8, 4) is 17.7 Å². The molecule has 21 heavy (non-hydrogen) atoms. The van der Waals surface area contributed by atoms with Gasteiger partial charge in [0.25, 0.3) is 0 Å². The lowest BCUT2D eigenvalue weighted by atomic mass is 10.1. The molecule has 0 aliphatic carbocycles. The van der Waals surface area contributed by atoms with Crippen molar-refractivity contribution in [3.05, 3.63) is 40.5 Å². The van der Waals surface area contributed by atoms with Gasteiger partial charge in [0.1, 0.15) is 0 Å². The first-order chi connectivity index (χ1) is 9.81. The molecule has 0 saturated carbocycles. The van der Waals surface area contributed by atoms with E-state index in [0.717, 1.165) is 6.26 Å². The average molecular weight is 324 g/mol. The van der Waals surface area contributed by atoms with Crippen LogP contribution in [-0.4, -0.2) is 24.6 Å². The summed E-state index contributed by atoms with van der Waals surface area (Å²) in [6, 6.07) is 6.47. The Morgan fingerprint density at radius 1 is 1.38 bits per heavy atom. The van der Waals surface area contributed by atoms with Crippen LogP contribution in [-0.2, 0) is 9.84 Å². The number of hydrogen-bond acceptors (Lipinski definition) is 6. The quantitative estimate of drug-likeness (QED) is 0.806. The van der Waals surface area contributed by atoms with Gasteiger partial charge in [-0.3, -0.25) is 0 Å². The number of aryl methyl sites for hydroxylation is 1. The summed E-state index contributed by atoms with van der Waals surface area (Å²) in [7, 11) is -3.53. The zero-order chi connectivity index (χ0) is 15.6. The lowest BCUT2D eigenvalue weighted by molar-refractivity contribution is 0.450. The fourth-order valence-corrected chi connectivity index (χ4v) is 2.40. The third-order valence-electron chi connectivity index (χ3n) is 2.50. The van der Waals surface area contributed by atoms with Gasteiger partial charge in [-0.25, -0.2) is 13.4 Å². The van der Waals surface area contributed by atoms with E-state index in [9.17, 15) is 8.42 Å². The summed E-state index contributed by atoms with van der Waals surface area (Å²) in [6.45, 7) is 1.72. The molecule has 1 aromatic heterocycles. The first-order valence-corrected chi connectivity index (χ1v) is 7.99. The Morgan fingerprint density at radius 3 is 2.67 bits per heavy atom. The fraction of sp³-hybridized carbons (Fsp3) is 0.154. The predicted molar refractivity (Wildman–Crippen MR) is 76.1 cm³/mol. The van der Waals surface area contributed by atoms with E-state index in [2.05, 4.69) is 9.97 Å². The van der Waals surface area contributed by atoms with Crippen LogP contribution in [0.25, 0.3) is 0 Å². The van der Waals surface area contributed by atoms with Crippen LogP contribution in [0.2, 0.25) is 5.02 Å². The second kappa shape index (κ2) is 5.68. The highest BCUT2D eigenvalue weighted by atomic mass is 35.5. The van der Waals surface area contributed by atoms with E-state index in [1.54, 1.807) is 13.0 Å². The Kier molecular flexibility index (Phi) is 4.11. The number of hydrogen-bond donors (Lipinski definition) is 0. The fourth-order valence-electron chi connectivity index (χ4n) is 1.59. The van der Waals surface area contributed by atoms with E-state index in [0.29, 0.717) is 16.9 Å². The summed E-state index contributed by atoms with van der Waals surface area (Å²) >= 11 is 6.06. The van der Waals surface area contributed by atoms with Gasteiger partial charge in [-0.1, -0.05) is 11.6 Å². The third kappa shape index (κ3) is 3.48. The van der Waals surface area contributed by atoms with Crippen LogP contribution in [0.5, 0.6) is 11.6 Å². The van der Waals surface area contributed by atoms with E-state index >= 15 is 0 Å². The Hall–Kier alpha value is -2.17. The van der Waals surface area contributed by atoms with Crippen molar-refractivity contribution in [2.45, 2.75) is 12.1 Å². The van der Waals surface area contributed by atoms with E-state index in [1.807, 2.05) is 6.07 Å². The summed E-state index contributed by atoms with van der Waals surface area (Å²) in [5, 5.41) is 8.77. The first kappa shape index (κ1) is 15.2. The largest absolute Gasteiger partial charge is 0.437 e. The zero-order valence-electron chi connectivity index (χ0n) is 11.2. The van der Waals surface area contributed by atoms with Gasteiger partial charge in [0.05, 0.1) is 16.7 Å². The Morgan fingerprint density at radius 2 is 2.10 bits per heavy atom. The van der Waals surface area contributed by atoms with Gasteiger partial charge in [0.15, 0.2) is 5.75 Å². The predicted octanol–water partition coefficient (Wildman–Crippen LogP) is 2.51. The number of rotatable bonds is 3. The molecule has 0 atom stereocenters. The third-order valence-corrected chi connectivity index (χ3v) is 3.65. The van der Waals surface area contributed by atoms with Gasteiger partial charge < -0.3 is 4.74 Å². The van der Waals surface area contributed by atoms with Gasteiger partial charge >= 0.3 is 0 Å². The number of ether oxygens (including phenoxy) is 1. The number of benzene rings is 1. The molecule has 0 aliphatic heterocycles. The van der Waals surface area contributed by atoms with Gasteiger partial charge in [0.2, 0.25) is 20.9 Å². The van der Waals surface area contributed by atoms with Gasteiger partial charge in [-0.15, -0.1) is 0 Å². The maximum absolute atomic E-state index is 11.4. The molecule has 0 unspecified atom stereocenters. The monoisotopic (exact) mass is 323 g/mol. The molecule has 2 aromatic rings. The molecule has 0 spiro atoms. The van der Waals surface area contributed by atoms with Gasteiger partial charge in [-0.2, -0.15) is 10.2 Å². The summed E-state index contributed by atoms with van der Waals surface area (Å²) in [5.74, 6) is 0.369. The number of aromatic nitrogens is 2. The van der Waals surface area contributed by atoms with E-state index < -0.39 is 9.84 Å². The van der Waals surface area contributed by atoms with Crippen molar-refractivity contribution in [3.63, 3.8) is 0 Å². The Labute approximate surface area is 126 Å². The van der Waals surface area contributed by atoms with Crippen LogP contribution in [0.1, 0.15) is 11.1 Å². The Bertz CT molecular complexity index is 821. The smallest absolute Gasteiger partial charge is 0.250 e. The standard InChI is InChI=1S/C13H10ClN3O3S/c1-8-5-9(7-15)6-10(14)12(8)20-11-3-4-16-13(17-11)21(2,18)19/h3-6H,1-2H3. The van der Waals surface area contributed by atoms with Crippen LogP contribution >= 0.6 is 11.6 Å². The normalized spacial score (nSPS) is 11.0. The van der Waals surface area contributed by atoms with Crippen LogP contribution in [0.4, 0.5) is 0 Å². The van der Waals surface area contributed by atoms with Crippen LogP contribution in [0.3, 0.4) is 0 Å². The highest BCUT2D eigenvalue weighted by Crippen LogP contribution is 2.33. The maximum Gasteiger partial charge on any atom is 0.250 e. The van der Waals surface area contributed by atoms with Crippen molar-refractivity contribution >= 4 is 21.4 Å². The minimum Gasteiger partial charge on any atom is -0.437 e. The average Bonchev–Trinajstić information content (AvgIpc) is 2.42. The first-order valence-electron chi connectivity index (χ1n) is 5.72. The van der Waals surface area contributed by atoms with E-state index in [-0.39, 0.29) is 16.1 Å². The highest BCUT2D eigenvalue weighted by molar-refractivity contribution is 7.90. The number of halogens is 1. The lowest BCUT2D eigenvalue weighted by Gasteiger charge is -2.10. The van der Waals surface area contributed by atoms with Crippen molar-refractivity contribution in [1.82, 2.24) is 9.97 Å². The molecule has 0 bridgehead atoms. The van der Waals surface area contributed by atoms with Crippen LogP contribution in [0.15, 0.2) is 29.6 Å². The molecule has 0 aliphatic rings. The molecule has 1 heterocycles. The molecular formula is C13H10ClN3O3S. The van der Waals surface area contributed by atoms with Gasteiger partial charge in [0, 0.05) is 18.5 Å². The molecule has 0 amide bonds.